The molecule has 0 amide bonds. The van der Waals surface area contributed by atoms with Crippen LogP contribution in [-0.2, 0) is 13.6 Å². The smallest absolute Gasteiger partial charge is 0.129 e. The average molecular weight is 280 g/mol. The van der Waals surface area contributed by atoms with Crippen molar-refractivity contribution in [3.05, 3.63) is 35.4 Å². The number of nitrogens with one attached hydrogen (secondary N) is 1. The number of imidazole rings is 1. The minimum Gasteiger partial charge on any atom is -0.376 e. The van der Waals surface area contributed by atoms with Crippen LogP contribution < -0.4 is 5.32 Å². The summed E-state index contributed by atoms with van der Waals surface area (Å²) in [7, 11) is 1.95. The normalized spacial score (nSPS) is 11.0. The number of hydrogen-bond donors (Lipinski definition) is 1. The minimum absolute atomic E-state index is 0.646. The van der Waals surface area contributed by atoms with Gasteiger partial charge in [0.25, 0.3) is 0 Å². The fourth-order valence-electron chi connectivity index (χ4n) is 1.73. The number of anilines is 1. The topological polar surface area (TPSA) is 55.6 Å². The van der Waals surface area contributed by atoms with Crippen molar-refractivity contribution in [2.45, 2.75) is 6.54 Å². The van der Waals surface area contributed by atoms with Crippen LogP contribution in [0.3, 0.4) is 0 Å². The third-order valence-electron chi connectivity index (χ3n) is 2.74. The van der Waals surface area contributed by atoms with Crippen molar-refractivity contribution in [1.82, 2.24) is 18.3 Å². The largest absolute Gasteiger partial charge is 0.376 e. The van der Waals surface area contributed by atoms with Crippen molar-refractivity contribution in [2.24, 2.45) is 7.05 Å². The van der Waals surface area contributed by atoms with Gasteiger partial charge in [0.2, 0.25) is 0 Å². The van der Waals surface area contributed by atoms with Gasteiger partial charge in [0.1, 0.15) is 11.0 Å². The molecule has 0 aliphatic carbocycles. The van der Waals surface area contributed by atoms with E-state index in [-0.39, 0.29) is 0 Å². The summed E-state index contributed by atoms with van der Waals surface area (Å²) >= 11 is 7.38. The molecule has 0 spiro atoms. The van der Waals surface area contributed by atoms with E-state index >= 15 is 0 Å². The Balaban J connectivity index is 1.92. The van der Waals surface area contributed by atoms with Gasteiger partial charge < -0.3 is 9.88 Å². The third kappa shape index (κ3) is 1.93. The van der Waals surface area contributed by atoms with Gasteiger partial charge in [0, 0.05) is 13.2 Å². The van der Waals surface area contributed by atoms with Gasteiger partial charge in [-0.2, -0.15) is 8.75 Å². The molecule has 3 rings (SSSR count). The Kier molecular flexibility index (Phi) is 2.89. The number of aromatic nitrogens is 4. The Bertz CT molecular complexity index is 690. The van der Waals surface area contributed by atoms with Gasteiger partial charge in [-0.05, 0) is 12.1 Å². The molecule has 0 fully saturated rings. The van der Waals surface area contributed by atoms with Crippen molar-refractivity contribution in [3.63, 3.8) is 0 Å². The van der Waals surface area contributed by atoms with E-state index < -0.39 is 0 Å². The van der Waals surface area contributed by atoms with Gasteiger partial charge >= 0.3 is 0 Å². The Morgan fingerprint density at radius 3 is 3.06 bits per heavy atom. The maximum Gasteiger partial charge on any atom is 0.129 e. The monoisotopic (exact) mass is 279 g/mol. The lowest BCUT2D eigenvalue weighted by molar-refractivity contribution is 0.838. The third-order valence-corrected chi connectivity index (χ3v) is 3.60. The van der Waals surface area contributed by atoms with E-state index in [0.29, 0.717) is 11.6 Å². The molecule has 0 saturated carbocycles. The molecule has 0 aliphatic heterocycles. The molecule has 0 saturated heterocycles. The van der Waals surface area contributed by atoms with Gasteiger partial charge in [-0.25, -0.2) is 4.98 Å². The van der Waals surface area contributed by atoms with E-state index in [1.54, 1.807) is 6.33 Å². The van der Waals surface area contributed by atoms with Crippen LogP contribution in [0.5, 0.6) is 0 Å². The number of rotatable bonds is 3. The molecule has 1 N–H and O–H groups in total. The molecule has 0 radical (unpaired) electrons. The van der Waals surface area contributed by atoms with E-state index in [0.717, 1.165) is 22.4 Å². The predicted molar refractivity (Wildman–Crippen MR) is 73.0 cm³/mol. The van der Waals surface area contributed by atoms with Crippen LogP contribution in [0.25, 0.3) is 11.0 Å². The number of benzene rings is 1. The van der Waals surface area contributed by atoms with E-state index in [9.17, 15) is 0 Å². The van der Waals surface area contributed by atoms with Gasteiger partial charge in [0.15, 0.2) is 0 Å². The molecule has 5 nitrogen and oxygen atoms in total. The summed E-state index contributed by atoms with van der Waals surface area (Å²) < 4.78 is 10.4. The van der Waals surface area contributed by atoms with Crippen LogP contribution in [-0.4, -0.2) is 18.3 Å². The van der Waals surface area contributed by atoms with Crippen molar-refractivity contribution in [2.75, 3.05) is 5.32 Å². The van der Waals surface area contributed by atoms with Crippen LogP contribution in [0.15, 0.2) is 24.7 Å². The second-order valence-electron chi connectivity index (χ2n) is 3.90. The van der Waals surface area contributed by atoms with E-state index in [1.165, 1.54) is 11.7 Å². The summed E-state index contributed by atoms with van der Waals surface area (Å²) in [4.78, 5) is 4.07. The lowest BCUT2D eigenvalue weighted by atomic mass is 10.2. The van der Waals surface area contributed by atoms with Crippen LogP contribution >= 0.6 is 23.3 Å². The molecule has 92 valence electrons. The Labute approximate surface area is 113 Å². The Morgan fingerprint density at radius 1 is 1.39 bits per heavy atom. The van der Waals surface area contributed by atoms with Gasteiger partial charge in [-0.15, -0.1) is 0 Å². The SMILES string of the molecule is Cn1cncc1CNc1c(Cl)ccc2nsnc12. The van der Waals surface area contributed by atoms with E-state index in [1.807, 2.05) is 29.9 Å². The van der Waals surface area contributed by atoms with Crippen molar-refractivity contribution in [1.29, 1.82) is 0 Å². The first-order valence-electron chi connectivity index (χ1n) is 5.35. The fourth-order valence-corrected chi connectivity index (χ4v) is 2.49. The number of fused-ring (bicyclic) bond motifs is 1. The molecular weight excluding hydrogens is 270 g/mol. The van der Waals surface area contributed by atoms with Gasteiger partial charge in [-0.1, -0.05) is 11.6 Å². The summed E-state index contributed by atoms with van der Waals surface area (Å²) in [5, 5.41) is 3.95. The van der Waals surface area contributed by atoms with Crippen LogP contribution in [0.2, 0.25) is 5.02 Å². The number of halogens is 1. The minimum atomic E-state index is 0.646. The molecule has 0 unspecified atom stereocenters. The first-order chi connectivity index (χ1) is 8.75. The van der Waals surface area contributed by atoms with Gasteiger partial charge in [0.05, 0.1) is 41.0 Å². The molecule has 7 heteroatoms. The molecule has 2 aromatic heterocycles. The lowest BCUT2D eigenvalue weighted by Crippen LogP contribution is -2.04. The Morgan fingerprint density at radius 2 is 2.28 bits per heavy atom. The molecule has 3 aromatic rings. The van der Waals surface area contributed by atoms with Crippen LogP contribution in [0.4, 0.5) is 5.69 Å². The Hall–Kier alpha value is -1.66. The molecular formula is C11H10ClN5S. The fraction of sp³-hybridized carbons (Fsp3) is 0.182. The van der Waals surface area contributed by atoms with Gasteiger partial charge in [-0.3, -0.25) is 0 Å². The molecule has 0 bridgehead atoms. The summed E-state index contributed by atoms with van der Waals surface area (Å²) in [5.41, 5.74) is 3.57. The van der Waals surface area contributed by atoms with Crippen molar-refractivity contribution in [3.8, 4) is 0 Å². The highest BCUT2D eigenvalue weighted by molar-refractivity contribution is 7.00. The molecule has 0 atom stereocenters. The second kappa shape index (κ2) is 4.55. The maximum atomic E-state index is 6.19. The average Bonchev–Trinajstić information content (AvgIpc) is 2.97. The molecule has 18 heavy (non-hydrogen) atoms. The summed E-state index contributed by atoms with van der Waals surface area (Å²) in [5.74, 6) is 0. The molecule has 0 aliphatic rings. The number of nitrogens with zero attached hydrogens (tertiary/aromatic N) is 4. The first-order valence-corrected chi connectivity index (χ1v) is 6.46. The van der Waals surface area contributed by atoms with E-state index in [2.05, 4.69) is 19.0 Å². The van der Waals surface area contributed by atoms with Crippen LogP contribution in [0.1, 0.15) is 5.69 Å². The standard InChI is InChI=1S/C11H10ClN5S/c1-17-6-13-4-7(17)5-14-10-8(12)2-3-9-11(10)16-18-15-9/h2-4,6,14H,5H2,1H3. The van der Waals surface area contributed by atoms with Crippen molar-refractivity contribution < 1.29 is 0 Å². The first kappa shape index (κ1) is 11.4. The second-order valence-corrected chi connectivity index (χ2v) is 4.84. The number of hydrogen-bond acceptors (Lipinski definition) is 5. The summed E-state index contributed by atoms with van der Waals surface area (Å²) in [6.07, 6.45) is 3.59. The zero-order chi connectivity index (χ0) is 12.5. The summed E-state index contributed by atoms with van der Waals surface area (Å²) in [6.45, 7) is 0.646. The zero-order valence-electron chi connectivity index (χ0n) is 9.59. The highest BCUT2D eigenvalue weighted by Gasteiger charge is 2.10. The highest BCUT2D eigenvalue weighted by Crippen LogP contribution is 2.30. The quantitative estimate of drug-likeness (QED) is 0.801. The van der Waals surface area contributed by atoms with Crippen LogP contribution in [0, 0.1) is 0 Å². The lowest BCUT2D eigenvalue weighted by Gasteiger charge is -2.08. The highest BCUT2D eigenvalue weighted by atomic mass is 35.5. The molecule has 1 aromatic carbocycles. The summed E-state index contributed by atoms with van der Waals surface area (Å²) in [6, 6.07) is 3.70. The number of aryl methyl sites for hydroxylation is 1. The molecule has 2 heterocycles. The van der Waals surface area contributed by atoms with E-state index in [4.69, 9.17) is 11.6 Å². The van der Waals surface area contributed by atoms with Crippen molar-refractivity contribution >= 4 is 40.0 Å². The maximum absolute atomic E-state index is 6.19. The predicted octanol–water partition coefficient (Wildman–Crippen LogP) is 2.69. The zero-order valence-corrected chi connectivity index (χ0v) is 11.2.